The zero-order valence-electron chi connectivity index (χ0n) is 7.96. The number of halogens is 1. The monoisotopic (exact) mass is 248 g/mol. The smallest absolute Gasteiger partial charge is 0.204 e. The molecule has 0 aromatic carbocycles. The Morgan fingerprint density at radius 1 is 1.54 bits per heavy atom. The molecule has 1 aliphatic rings. The van der Waals surface area contributed by atoms with Crippen LogP contribution in [-0.4, -0.2) is 25.8 Å². The van der Waals surface area contributed by atoms with Crippen molar-refractivity contribution in [3.63, 3.8) is 0 Å². The Labute approximate surface area is 86.2 Å². The first kappa shape index (κ1) is 10.9. The topological polar surface area (TPSA) is 35.5 Å². The standard InChI is InChI=1S/C9H13BrO3/c1-6-4-7(11)5-8(10)9(6,12-2)13-3/h5-6H,4H2,1-3H3/t6-/m0/s1. The predicted molar refractivity (Wildman–Crippen MR) is 52.5 cm³/mol. The molecular formula is C9H13BrO3. The van der Waals surface area contributed by atoms with E-state index < -0.39 is 5.79 Å². The number of methoxy groups -OCH3 is 2. The molecule has 0 N–H and O–H groups in total. The van der Waals surface area contributed by atoms with Crippen LogP contribution in [0.1, 0.15) is 13.3 Å². The van der Waals surface area contributed by atoms with Crippen LogP contribution in [-0.2, 0) is 14.3 Å². The van der Waals surface area contributed by atoms with Gasteiger partial charge >= 0.3 is 0 Å². The lowest BCUT2D eigenvalue weighted by Crippen LogP contribution is -2.44. The minimum Gasteiger partial charge on any atom is -0.349 e. The highest BCUT2D eigenvalue weighted by Gasteiger charge is 2.43. The Kier molecular flexibility index (Phi) is 3.27. The molecule has 0 saturated heterocycles. The van der Waals surface area contributed by atoms with Gasteiger partial charge in [0.25, 0.3) is 0 Å². The van der Waals surface area contributed by atoms with Crippen molar-refractivity contribution in [2.75, 3.05) is 14.2 Å². The zero-order valence-corrected chi connectivity index (χ0v) is 9.55. The molecule has 0 fully saturated rings. The molecule has 0 amide bonds. The highest BCUT2D eigenvalue weighted by molar-refractivity contribution is 9.11. The molecule has 0 saturated carbocycles. The van der Waals surface area contributed by atoms with Crippen molar-refractivity contribution in [3.05, 3.63) is 10.6 Å². The molecule has 74 valence electrons. The normalized spacial score (nSPS) is 27.2. The first-order chi connectivity index (χ1) is 6.06. The molecule has 1 aliphatic carbocycles. The largest absolute Gasteiger partial charge is 0.349 e. The summed E-state index contributed by atoms with van der Waals surface area (Å²) in [5.74, 6) is -0.660. The van der Waals surface area contributed by atoms with Crippen LogP contribution in [0.15, 0.2) is 10.6 Å². The molecule has 0 aromatic rings. The fraction of sp³-hybridized carbons (Fsp3) is 0.667. The summed E-state index contributed by atoms with van der Waals surface area (Å²) in [6, 6.07) is 0. The summed E-state index contributed by atoms with van der Waals surface area (Å²) in [5, 5.41) is 0. The third-order valence-electron chi connectivity index (χ3n) is 2.38. The second kappa shape index (κ2) is 3.90. The predicted octanol–water partition coefficient (Wildman–Crippen LogP) is 1.86. The molecule has 1 atom stereocenters. The molecule has 0 unspecified atom stereocenters. The van der Waals surface area contributed by atoms with Gasteiger partial charge in [-0.15, -0.1) is 0 Å². The van der Waals surface area contributed by atoms with Gasteiger partial charge in [-0.05, 0) is 22.0 Å². The van der Waals surface area contributed by atoms with Crippen molar-refractivity contribution in [1.82, 2.24) is 0 Å². The third kappa shape index (κ3) is 1.71. The number of carbonyl (C=O) groups is 1. The average molecular weight is 249 g/mol. The average Bonchev–Trinajstić information content (AvgIpc) is 2.05. The number of ether oxygens (including phenoxy) is 2. The minimum atomic E-state index is -0.784. The van der Waals surface area contributed by atoms with Gasteiger partial charge in [-0.1, -0.05) is 6.92 Å². The Bertz CT molecular complexity index is 243. The molecule has 3 nitrogen and oxygen atoms in total. The molecule has 0 spiro atoms. The highest BCUT2D eigenvalue weighted by Crippen LogP contribution is 2.39. The van der Waals surface area contributed by atoms with Crippen LogP contribution >= 0.6 is 15.9 Å². The van der Waals surface area contributed by atoms with E-state index in [0.717, 1.165) is 0 Å². The number of allylic oxidation sites excluding steroid dienone is 1. The SMILES string of the molecule is COC1(OC)C(Br)=CC(=O)C[C@@H]1C. The second-order valence-electron chi connectivity index (χ2n) is 3.14. The zero-order chi connectivity index (χ0) is 10.1. The third-order valence-corrected chi connectivity index (χ3v) is 3.16. The minimum absolute atomic E-state index is 0.0226. The first-order valence-corrected chi connectivity index (χ1v) is 4.87. The van der Waals surface area contributed by atoms with Gasteiger partial charge in [-0.3, -0.25) is 4.79 Å². The van der Waals surface area contributed by atoms with E-state index in [1.54, 1.807) is 14.2 Å². The molecule has 0 aromatic heterocycles. The summed E-state index contributed by atoms with van der Waals surface area (Å²) >= 11 is 3.30. The van der Waals surface area contributed by atoms with Gasteiger partial charge in [0, 0.05) is 26.6 Å². The Balaban J connectivity index is 3.06. The van der Waals surface area contributed by atoms with Gasteiger partial charge in [-0.2, -0.15) is 0 Å². The van der Waals surface area contributed by atoms with E-state index in [-0.39, 0.29) is 11.7 Å². The summed E-state index contributed by atoms with van der Waals surface area (Å²) < 4.78 is 11.3. The van der Waals surface area contributed by atoms with Gasteiger partial charge in [0.05, 0.1) is 4.48 Å². The Hall–Kier alpha value is -0.190. The van der Waals surface area contributed by atoms with E-state index in [4.69, 9.17) is 9.47 Å². The Morgan fingerprint density at radius 2 is 2.08 bits per heavy atom. The van der Waals surface area contributed by atoms with Gasteiger partial charge in [-0.25, -0.2) is 0 Å². The van der Waals surface area contributed by atoms with Crippen molar-refractivity contribution in [2.45, 2.75) is 19.1 Å². The van der Waals surface area contributed by atoms with Crippen LogP contribution in [0.3, 0.4) is 0 Å². The van der Waals surface area contributed by atoms with Crippen LogP contribution in [0, 0.1) is 5.92 Å². The van der Waals surface area contributed by atoms with Crippen LogP contribution in [0.5, 0.6) is 0 Å². The molecule has 13 heavy (non-hydrogen) atoms. The molecule has 0 radical (unpaired) electrons. The highest BCUT2D eigenvalue weighted by atomic mass is 79.9. The van der Waals surface area contributed by atoms with Crippen LogP contribution in [0.2, 0.25) is 0 Å². The van der Waals surface area contributed by atoms with E-state index in [1.165, 1.54) is 6.08 Å². The van der Waals surface area contributed by atoms with Crippen molar-refractivity contribution >= 4 is 21.7 Å². The summed E-state index contributed by atoms with van der Waals surface area (Å²) in [7, 11) is 3.15. The molecule has 4 heteroatoms. The number of rotatable bonds is 2. The van der Waals surface area contributed by atoms with E-state index in [9.17, 15) is 4.79 Å². The maximum atomic E-state index is 11.2. The van der Waals surface area contributed by atoms with Crippen LogP contribution in [0.25, 0.3) is 0 Å². The van der Waals surface area contributed by atoms with Crippen molar-refractivity contribution in [1.29, 1.82) is 0 Å². The summed E-state index contributed by atoms with van der Waals surface area (Å²) in [6.07, 6.45) is 1.98. The van der Waals surface area contributed by atoms with Gasteiger partial charge in [0.2, 0.25) is 5.79 Å². The van der Waals surface area contributed by atoms with Gasteiger partial charge < -0.3 is 9.47 Å². The second-order valence-corrected chi connectivity index (χ2v) is 3.99. The lowest BCUT2D eigenvalue weighted by atomic mass is 9.89. The van der Waals surface area contributed by atoms with Crippen LogP contribution < -0.4 is 0 Å². The van der Waals surface area contributed by atoms with E-state index in [0.29, 0.717) is 10.9 Å². The number of carbonyl (C=O) groups excluding carboxylic acids is 1. The van der Waals surface area contributed by atoms with Crippen molar-refractivity contribution in [3.8, 4) is 0 Å². The summed E-state index contributed by atoms with van der Waals surface area (Å²) in [5.41, 5.74) is 0. The number of ketones is 1. The first-order valence-electron chi connectivity index (χ1n) is 4.07. The van der Waals surface area contributed by atoms with Crippen LogP contribution in [0.4, 0.5) is 0 Å². The molecule has 1 rings (SSSR count). The van der Waals surface area contributed by atoms with E-state index in [1.807, 2.05) is 6.92 Å². The van der Waals surface area contributed by atoms with E-state index in [2.05, 4.69) is 15.9 Å². The van der Waals surface area contributed by atoms with Crippen molar-refractivity contribution in [2.24, 2.45) is 5.92 Å². The molecular weight excluding hydrogens is 236 g/mol. The lowest BCUT2D eigenvalue weighted by Gasteiger charge is -2.38. The Morgan fingerprint density at radius 3 is 2.46 bits per heavy atom. The lowest BCUT2D eigenvalue weighted by molar-refractivity contribution is -0.206. The number of hydrogen-bond donors (Lipinski definition) is 0. The van der Waals surface area contributed by atoms with Crippen molar-refractivity contribution < 1.29 is 14.3 Å². The fourth-order valence-corrected chi connectivity index (χ4v) is 2.62. The number of hydrogen-bond acceptors (Lipinski definition) is 3. The molecule has 0 aliphatic heterocycles. The molecule has 0 bridgehead atoms. The van der Waals surface area contributed by atoms with E-state index >= 15 is 0 Å². The fourth-order valence-electron chi connectivity index (χ4n) is 1.65. The molecule has 0 heterocycles. The van der Waals surface area contributed by atoms with Gasteiger partial charge in [0.15, 0.2) is 5.78 Å². The quantitative estimate of drug-likeness (QED) is 0.701. The summed E-state index contributed by atoms with van der Waals surface area (Å²) in [6.45, 7) is 1.93. The maximum Gasteiger partial charge on any atom is 0.204 e. The summed E-state index contributed by atoms with van der Waals surface area (Å²) in [4.78, 5) is 11.2. The van der Waals surface area contributed by atoms with Gasteiger partial charge in [0.1, 0.15) is 0 Å². The maximum absolute atomic E-state index is 11.2.